The van der Waals surface area contributed by atoms with Crippen LogP contribution in [0.4, 0.5) is 0 Å². The molecule has 2 aromatic carbocycles. The molecule has 1 aliphatic heterocycles. The Morgan fingerprint density at radius 3 is 1.82 bits per heavy atom. The first kappa shape index (κ1) is 47.4. The average Bonchev–Trinajstić information content (AvgIpc) is 4.13. The number of hydrogen-bond donors (Lipinski definition) is 12. The lowest BCUT2D eigenvalue weighted by Gasteiger charge is -2.31. The SMILES string of the molecule is NCC(=O)N[C@@H](CC(N)=O)C(=O)N[C@@H](CC(=O)O)C(=O)N[C@@H](Cc1c[nH]c2ccccc12)C(=O)N1CCC[C@H]1C(=O)N[C@@H](Cc1cnc[nH]1)C(=O)N[C@@H](Cc1c[nH]c2ccccc12)C(=O)O. The third-order valence-electron chi connectivity index (χ3n) is 11.1. The Kier molecular flexibility index (Phi) is 15.5. The number of nitrogens with two attached hydrogens (primary N) is 2. The van der Waals surface area contributed by atoms with Crippen LogP contribution in [0, 0.1) is 0 Å². The molecule has 14 N–H and O–H groups in total. The summed E-state index contributed by atoms with van der Waals surface area (Å²) in [7, 11) is 0. The summed E-state index contributed by atoms with van der Waals surface area (Å²) in [6.07, 6.45) is 4.45. The third kappa shape index (κ3) is 11.9. The van der Waals surface area contributed by atoms with Crippen molar-refractivity contribution in [3.05, 3.63) is 90.3 Å². The summed E-state index contributed by atoms with van der Waals surface area (Å²) in [6, 6.07) is 5.50. The van der Waals surface area contributed by atoms with Crippen LogP contribution in [0.5, 0.6) is 0 Å². The van der Waals surface area contributed by atoms with Crippen LogP contribution in [0.1, 0.15) is 42.5 Å². The van der Waals surface area contributed by atoms with Gasteiger partial charge in [0.25, 0.3) is 0 Å². The zero-order valence-corrected chi connectivity index (χ0v) is 35.4. The molecule has 3 aromatic heterocycles. The number of imidazole rings is 1. The number of primary amides is 1. The van der Waals surface area contributed by atoms with E-state index in [4.69, 9.17) is 11.5 Å². The quantitative estimate of drug-likeness (QED) is 0.0366. The molecule has 0 spiro atoms. The van der Waals surface area contributed by atoms with Crippen molar-refractivity contribution in [1.82, 2.24) is 51.4 Å². The van der Waals surface area contributed by atoms with Crippen LogP contribution in [0.25, 0.3) is 21.8 Å². The molecule has 0 bridgehead atoms. The number of carbonyl (C=O) groups excluding carboxylic acids is 7. The van der Waals surface area contributed by atoms with Crippen molar-refractivity contribution in [2.45, 2.75) is 81.2 Å². The highest BCUT2D eigenvalue weighted by Crippen LogP contribution is 2.24. The Morgan fingerprint density at radius 1 is 0.697 bits per heavy atom. The van der Waals surface area contributed by atoms with Gasteiger partial charge >= 0.3 is 11.9 Å². The number of carboxylic acids is 2. The summed E-state index contributed by atoms with van der Waals surface area (Å²) in [6.45, 7) is -0.532. The highest BCUT2D eigenvalue weighted by Gasteiger charge is 2.41. The maximum Gasteiger partial charge on any atom is 0.326 e. The summed E-state index contributed by atoms with van der Waals surface area (Å²) in [5.41, 5.74) is 13.7. The Bertz CT molecular complexity index is 2610. The van der Waals surface area contributed by atoms with Crippen LogP contribution in [-0.4, -0.2) is 138 Å². The van der Waals surface area contributed by atoms with Gasteiger partial charge in [0.2, 0.25) is 41.4 Å². The van der Waals surface area contributed by atoms with Gasteiger partial charge in [-0.3, -0.25) is 38.4 Å². The molecule has 7 amide bonds. The number of aliphatic carboxylic acids is 2. The fourth-order valence-electron chi connectivity index (χ4n) is 7.90. The number of nitrogens with one attached hydrogen (secondary N) is 8. The lowest BCUT2D eigenvalue weighted by atomic mass is 10.0. The van der Waals surface area contributed by atoms with Gasteiger partial charge in [0.1, 0.15) is 36.3 Å². The number of aromatic amines is 3. The van der Waals surface area contributed by atoms with E-state index in [-0.39, 0.29) is 32.2 Å². The number of aromatic nitrogens is 4. The molecule has 66 heavy (non-hydrogen) atoms. The highest BCUT2D eigenvalue weighted by atomic mass is 16.4. The zero-order chi connectivity index (χ0) is 47.5. The first-order valence-corrected chi connectivity index (χ1v) is 20.9. The van der Waals surface area contributed by atoms with E-state index in [1.165, 1.54) is 17.4 Å². The standard InChI is InChI=1S/C43H50N12O11/c44-17-36(57)50-30(15-35(45)56)39(61)51-31(16-37(58)59)40(62)53-32(12-22-18-47-27-8-3-1-6-25(22)27)42(64)55-11-5-10-34(55)41(63)52-29(14-24-20-46-21-49-24)38(60)54-33(43(65)66)13-23-19-48-28-9-4-2-7-26(23)28/h1-4,6-9,18-21,29-34,47-48H,5,10-17,44H2,(H2,45,56)(H,46,49)(H,50,57)(H,51,61)(H,52,63)(H,53,62)(H,54,60)(H,58,59)(H,65,66)/t29-,30-,31-,32-,33-,34-/m0/s1. The number of hydrogen-bond acceptors (Lipinski definition) is 11. The number of benzene rings is 2. The van der Waals surface area contributed by atoms with E-state index in [1.807, 2.05) is 18.2 Å². The van der Waals surface area contributed by atoms with Crippen molar-refractivity contribution in [1.29, 1.82) is 0 Å². The van der Waals surface area contributed by atoms with Crippen molar-refractivity contribution >= 4 is 75.1 Å². The van der Waals surface area contributed by atoms with Gasteiger partial charge in [-0.1, -0.05) is 36.4 Å². The molecule has 348 valence electrons. The van der Waals surface area contributed by atoms with E-state index < -0.39 is 109 Å². The number of amides is 7. The lowest BCUT2D eigenvalue weighted by molar-refractivity contribution is -0.144. The number of carboxylic acid groups (broad SMARTS) is 2. The van der Waals surface area contributed by atoms with Crippen molar-refractivity contribution in [3.63, 3.8) is 0 Å². The van der Waals surface area contributed by atoms with Crippen LogP contribution in [0.3, 0.4) is 0 Å². The van der Waals surface area contributed by atoms with Crippen LogP contribution in [0.2, 0.25) is 0 Å². The number of H-pyrrole nitrogens is 3. The predicted octanol–water partition coefficient (Wildman–Crippen LogP) is -1.79. The molecule has 5 aromatic rings. The molecular formula is C43H50N12O11. The minimum Gasteiger partial charge on any atom is -0.481 e. The molecule has 4 heterocycles. The topological polar surface area (TPSA) is 370 Å². The number of carbonyl (C=O) groups is 9. The van der Waals surface area contributed by atoms with E-state index in [0.29, 0.717) is 34.1 Å². The van der Waals surface area contributed by atoms with Crippen molar-refractivity contribution in [2.24, 2.45) is 11.5 Å². The average molecular weight is 911 g/mol. The molecule has 1 fully saturated rings. The summed E-state index contributed by atoms with van der Waals surface area (Å²) in [5.74, 6) is -9.26. The van der Waals surface area contributed by atoms with Crippen molar-refractivity contribution in [2.75, 3.05) is 13.1 Å². The third-order valence-corrected chi connectivity index (χ3v) is 11.1. The highest BCUT2D eigenvalue weighted by molar-refractivity contribution is 5.99. The van der Waals surface area contributed by atoms with Gasteiger partial charge in [0.05, 0.1) is 25.7 Å². The second-order valence-corrected chi connectivity index (χ2v) is 15.8. The molecule has 23 nitrogen and oxygen atoms in total. The predicted molar refractivity (Wildman–Crippen MR) is 233 cm³/mol. The van der Waals surface area contributed by atoms with Crippen LogP contribution in [-0.2, 0) is 62.4 Å². The zero-order valence-electron chi connectivity index (χ0n) is 35.4. The van der Waals surface area contributed by atoms with Gasteiger partial charge in [-0.2, -0.15) is 0 Å². The molecule has 6 rings (SSSR count). The van der Waals surface area contributed by atoms with Crippen LogP contribution < -0.4 is 38.1 Å². The van der Waals surface area contributed by atoms with Crippen molar-refractivity contribution < 1.29 is 53.4 Å². The van der Waals surface area contributed by atoms with Gasteiger partial charge < -0.3 is 68.1 Å². The Labute approximate surface area is 375 Å². The molecule has 0 unspecified atom stereocenters. The molecular weight excluding hydrogens is 861 g/mol. The summed E-state index contributed by atoms with van der Waals surface area (Å²) >= 11 is 0. The normalized spacial score (nSPS) is 15.8. The molecule has 0 saturated carbocycles. The summed E-state index contributed by atoms with van der Waals surface area (Å²) in [4.78, 5) is 133. The van der Waals surface area contributed by atoms with Crippen molar-refractivity contribution in [3.8, 4) is 0 Å². The molecule has 1 aliphatic rings. The number of para-hydroxylation sites is 2. The second kappa shape index (κ2) is 21.5. The number of rotatable bonds is 22. The fraction of sp³-hybridized carbons (Fsp3) is 0.349. The second-order valence-electron chi connectivity index (χ2n) is 15.8. The maximum absolute atomic E-state index is 14.7. The van der Waals surface area contributed by atoms with Gasteiger partial charge in [0, 0.05) is 71.9 Å². The minimum absolute atomic E-state index is 0.0330. The Balaban J connectivity index is 1.23. The van der Waals surface area contributed by atoms with Gasteiger partial charge in [-0.15, -0.1) is 0 Å². The summed E-state index contributed by atoms with van der Waals surface area (Å²) < 4.78 is 0. The van der Waals surface area contributed by atoms with Crippen LogP contribution >= 0.6 is 0 Å². The first-order valence-electron chi connectivity index (χ1n) is 20.9. The largest absolute Gasteiger partial charge is 0.481 e. The van der Waals surface area contributed by atoms with E-state index in [1.54, 1.807) is 42.7 Å². The summed E-state index contributed by atoms with van der Waals surface area (Å²) in [5, 5.41) is 33.6. The molecule has 0 radical (unpaired) electrons. The number of fused-ring (bicyclic) bond motifs is 2. The van der Waals surface area contributed by atoms with Crippen LogP contribution in [0.15, 0.2) is 73.4 Å². The minimum atomic E-state index is -1.84. The number of likely N-dealkylation sites (tertiary alicyclic amines) is 1. The Hall–Kier alpha value is -8.08. The molecule has 6 atom stereocenters. The number of nitrogens with zero attached hydrogens (tertiary/aromatic N) is 2. The van der Waals surface area contributed by atoms with E-state index in [0.717, 1.165) is 10.9 Å². The fourth-order valence-corrected chi connectivity index (χ4v) is 7.90. The van der Waals surface area contributed by atoms with E-state index in [9.17, 15) is 53.4 Å². The van der Waals surface area contributed by atoms with Gasteiger partial charge in [-0.05, 0) is 36.1 Å². The van der Waals surface area contributed by atoms with E-state index >= 15 is 0 Å². The lowest BCUT2D eigenvalue weighted by Crippen LogP contribution is -2.60. The monoisotopic (exact) mass is 910 g/mol. The van der Waals surface area contributed by atoms with E-state index in [2.05, 4.69) is 46.5 Å². The van der Waals surface area contributed by atoms with Gasteiger partial charge in [-0.25, -0.2) is 9.78 Å². The Morgan fingerprint density at radius 2 is 1.26 bits per heavy atom. The molecule has 23 heteroatoms. The smallest absolute Gasteiger partial charge is 0.326 e. The first-order chi connectivity index (χ1) is 31.6. The molecule has 1 saturated heterocycles. The maximum atomic E-state index is 14.7. The van der Waals surface area contributed by atoms with Gasteiger partial charge in [0.15, 0.2) is 0 Å². The molecule has 0 aliphatic carbocycles.